The van der Waals surface area contributed by atoms with E-state index in [1.165, 1.54) is 6.08 Å². The number of amides is 1. The van der Waals surface area contributed by atoms with Crippen LogP contribution in [0.1, 0.15) is 20.8 Å². The van der Waals surface area contributed by atoms with Crippen LogP contribution in [-0.2, 0) is 9.53 Å². The van der Waals surface area contributed by atoms with Crippen molar-refractivity contribution in [3.63, 3.8) is 0 Å². The molecule has 19 heavy (non-hydrogen) atoms. The first kappa shape index (κ1) is 15.5. The summed E-state index contributed by atoms with van der Waals surface area (Å²) in [5.74, 6) is -0.916. The lowest BCUT2D eigenvalue weighted by atomic mass is 10.2. The second-order valence-corrected chi connectivity index (χ2v) is 5.52. The lowest BCUT2D eigenvalue weighted by Gasteiger charge is -2.37. The van der Waals surface area contributed by atoms with Gasteiger partial charge in [-0.15, -0.1) is 6.58 Å². The van der Waals surface area contributed by atoms with E-state index in [1.807, 2.05) is 20.8 Å². The van der Waals surface area contributed by atoms with E-state index in [0.717, 1.165) is 0 Å². The van der Waals surface area contributed by atoms with Crippen LogP contribution in [0.3, 0.4) is 0 Å². The fraction of sp³-hybridized carbons (Fsp3) is 0.692. The largest absolute Gasteiger partial charge is 0.480 e. The van der Waals surface area contributed by atoms with Crippen molar-refractivity contribution in [2.75, 3.05) is 26.2 Å². The third kappa shape index (κ3) is 4.55. The van der Waals surface area contributed by atoms with Crippen LogP contribution in [0.4, 0.5) is 4.79 Å². The molecule has 1 fully saturated rings. The van der Waals surface area contributed by atoms with E-state index in [2.05, 4.69) is 6.58 Å². The molecule has 0 unspecified atom stereocenters. The van der Waals surface area contributed by atoms with Crippen LogP contribution >= 0.6 is 0 Å². The van der Waals surface area contributed by atoms with Crippen molar-refractivity contribution in [1.82, 2.24) is 9.80 Å². The number of carboxylic acid groups (broad SMARTS) is 1. The number of carbonyl (C=O) groups excluding carboxylic acids is 1. The van der Waals surface area contributed by atoms with Gasteiger partial charge >= 0.3 is 12.1 Å². The van der Waals surface area contributed by atoms with Gasteiger partial charge in [0.05, 0.1) is 0 Å². The van der Waals surface area contributed by atoms with Gasteiger partial charge in [0.15, 0.2) is 0 Å². The highest BCUT2D eigenvalue weighted by atomic mass is 16.6. The number of nitrogens with zero attached hydrogens (tertiary/aromatic N) is 2. The van der Waals surface area contributed by atoms with E-state index in [4.69, 9.17) is 9.84 Å². The number of piperazine rings is 1. The Bertz CT molecular complexity index is 354. The van der Waals surface area contributed by atoms with Crippen LogP contribution in [-0.4, -0.2) is 64.8 Å². The van der Waals surface area contributed by atoms with E-state index in [9.17, 15) is 9.59 Å². The maximum atomic E-state index is 11.8. The molecule has 1 aliphatic heterocycles. The minimum Gasteiger partial charge on any atom is -0.480 e. The Kier molecular flexibility index (Phi) is 4.94. The van der Waals surface area contributed by atoms with Crippen molar-refractivity contribution in [3.05, 3.63) is 12.7 Å². The highest BCUT2D eigenvalue weighted by Gasteiger charge is 2.30. The third-order valence-electron chi connectivity index (χ3n) is 2.84. The van der Waals surface area contributed by atoms with Gasteiger partial charge in [0.1, 0.15) is 11.6 Å². The quantitative estimate of drug-likeness (QED) is 0.780. The highest BCUT2D eigenvalue weighted by molar-refractivity contribution is 5.75. The lowest BCUT2D eigenvalue weighted by molar-refractivity contribution is -0.141. The summed E-state index contributed by atoms with van der Waals surface area (Å²) in [7, 11) is 0. The molecule has 6 nitrogen and oxygen atoms in total. The SMILES string of the molecule is C=C[C@H](C(=O)O)N1CCN(C(=O)OC(C)(C)C)CC1. The average molecular weight is 270 g/mol. The van der Waals surface area contributed by atoms with Crippen molar-refractivity contribution < 1.29 is 19.4 Å². The summed E-state index contributed by atoms with van der Waals surface area (Å²) < 4.78 is 5.28. The van der Waals surface area contributed by atoms with E-state index in [1.54, 1.807) is 9.80 Å². The summed E-state index contributed by atoms with van der Waals surface area (Å²) in [6.45, 7) is 10.9. The first-order valence-corrected chi connectivity index (χ1v) is 6.32. The predicted octanol–water partition coefficient (Wildman–Crippen LogP) is 1.18. The first-order valence-electron chi connectivity index (χ1n) is 6.32. The van der Waals surface area contributed by atoms with Crippen molar-refractivity contribution in [2.45, 2.75) is 32.4 Å². The van der Waals surface area contributed by atoms with Gasteiger partial charge in [-0.2, -0.15) is 0 Å². The number of carbonyl (C=O) groups is 2. The topological polar surface area (TPSA) is 70.1 Å². The molecule has 1 aliphatic rings. The van der Waals surface area contributed by atoms with Gasteiger partial charge in [-0.25, -0.2) is 4.79 Å². The van der Waals surface area contributed by atoms with E-state index in [0.29, 0.717) is 26.2 Å². The number of aliphatic carboxylic acids is 1. The zero-order valence-corrected chi connectivity index (χ0v) is 11.8. The molecule has 1 saturated heterocycles. The van der Waals surface area contributed by atoms with E-state index < -0.39 is 17.6 Å². The van der Waals surface area contributed by atoms with Gasteiger partial charge in [0.2, 0.25) is 0 Å². The molecule has 1 amide bonds. The molecule has 1 N–H and O–H groups in total. The molecule has 108 valence electrons. The van der Waals surface area contributed by atoms with Gasteiger partial charge < -0.3 is 14.7 Å². The zero-order valence-electron chi connectivity index (χ0n) is 11.8. The summed E-state index contributed by atoms with van der Waals surface area (Å²) in [6, 6.07) is -0.694. The van der Waals surface area contributed by atoms with Gasteiger partial charge in [-0.1, -0.05) is 6.08 Å². The van der Waals surface area contributed by atoms with Crippen molar-refractivity contribution in [2.24, 2.45) is 0 Å². The summed E-state index contributed by atoms with van der Waals surface area (Å²) >= 11 is 0. The molecule has 0 aromatic rings. The average Bonchev–Trinajstić information content (AvgIpc) is 2.28. The normalized spacial score (nSPS) is 18.8. The second kappa shape index (κ2) is 6.06. The number of hydrogen-bond acceptors (Lipinski definition) is 4. The van der Waals surface area contributed by atoms with E-state index >= 15 is 0 Å². The summed E-state index contributed by atoms with van der Waals surface area (Å²) in [6.07, 6.45) is 1.06. The Morgan fingerprint density at radius 2 is 1.79 bits per heavy atom. The molecule has 6 heteroatoms. The van der Waals surface area contributed by atoms with Crippen LogP contribution in [0.25, 0.3) is 0 Å². The summed E-state index contributed by atoms with van der Waals surface area (Å²) in [5, 5.41) is 9.04. The van der Waals surface area contributed by atoms with Gasteiger partial charge in [-0.05, 0) is 20.8 Å². The molecule has 0 spiro atoms. The number of hydrogen-bond donors (Lipinski definition) is 1. The van der Waals surface area contributed by atoms with Crippen LogP contribution < -0.4 is 0 Å². The molecular formula is C13H22N2O4. The Labute approximate surface area is 113 Å². The molecule has 1 atom stereocenters. The van der Waals surface area contributed by atoms with Crippen LogP contribution in [0.2, 0.25) is 0 Å². The monoisotopic (exact) mass is 270 g/mol. The van der Waals surface area contributed by atoms with Crippen molar-refractivity contribution in [3.8, 4) is 0 Å². The Hall–Kier alpha value is -1.56. The highest BCUT2D eigenvalue weighted by Crippen LogP contribution is 2.13. The van der Waals surface area contributed by atoms with Gasteiger partial charge in [0.25, 0.3) is 0 Å². The van der Waals surface area contributed by atoms with Crippen molar-refractivity contribution in [1.29, 1.82) is 0 Å². The van der Waals surface area contributed by atoms with Gasteiger partial charge in [0, 0.05) is 26.2 Å². The molecule has 0 bridgehead atoms. The zero-order chi connectivity index (χ0) is 14.6. The number of ether oxygens (including phenoxy) is 1. The molecule has 1 rings (SSSR count). The van der Waals surface area contributed by atoms with Crippen LogP contribution in [0.15, 0.2) is 12.7 Å². The summed E-state index contributed by atoms with van der Waals surface area (Å²) in [5.41, 5.74) is -0.515. The molecule has 0 saturated carbocycles. The minimum atomic E-state index is -0.916. The van der Waals surface area contributed by atoms with Crippen molar-refractivity contribution >= 4 is 12.1 Å². The Morgan fingerprint density at radius 1 is 1.26 bits per heavy atom. The Morgan fingerprint density at radius 3 is 2.16 bits per heavy atom. The van der Waals surface area contributed by atoms with E-state index in [-0.39, 0.29) is 6.09 Å². The van der Waals surface area contributed by atoms with Crippen LogP contribution in [0, 0.1) is 0 Å². The maximum absolute atomic E-state index is 11.8. The smallest absolute Gasteiger partial charge is 0.410 e. The fourth-order valence-corrected chi connectivity index (χ4v) is 1.92. The minimum absolute atomic E-state index is 0.349. The lowest BCUT2D eigenvalue weighted by Crippen LogP contribution is -2.54. The fourth-order valence-electron chi connectivity index (χ4n) is 1.92. The molecular weight excluding hydrogens is 248 g/mol. The Balaban J connectivity index is 2.51. The predicted molar refractivity (Wildman–Crippen MR) is 71.0 cm³/mol. The second-order valence-electron chi connectivity index (χ2n) is 5.52. The molecule has 1 heterocycles. The standard InChI is InChI=1S/C13H22N2O4/c1-5-10(11(16)17)14-6-8-15(9-7-14)12(18)19-13(2,3)4/h5,10H,1,6-9H2,2-4H3,(H,16,17)/t10-/m1/s1. The molecule has 0 radical (unpaired) electrons. The maximum Gasteiger partial charge on any atom is 0.410 e. The molecule has 0 aromatic carbocycles. The van der Waals surface area contributed by atoms with Crippen LogP contribution in [0.5, 0.6) is 0 Å². The third-order valence-corrected chi connectivity index (χ3v) is 2.84. The first-order chi connectivity index (χ1) is 8.74. The number of carboxylic acids is 1. The molecule has 0 aliphatic carbocycles. The van der Waals surface area contributed by atoms with Gasteiger partial charge in [-0.3, -0.25) is 9.69 Å². The number of rotatable bonds is 3. The summed E-state index contributed by atoms with van der Waals surface area (Å²) in [4.78, 5) is 26.2. The molecule has 0 aromatic heterocycles.